The van der Waals surface area contributed by atoms with Crippen LogP contribution in [0.25, 0.3) is 11.1 Å². The summed E-state index contributed by atoms with van der Waals surface area (Å²) in [5.41, 5.74) is 5.55. The number of sulfonamides is 1. The molecular weight excluding hydrogens is 701 g/mol. The fourth-order valence-corrected chi connectivity index (χ4v) is 8.17. The number of hydrogen-bond acceptors (Lipinski definition) is 11. The zero-order valence-corrected chi connectivity index (χ0v) is 31.4. The fourth-order valence-electron chi connectivity index (χ4n) is 5.84. The SMILES string of the molecule is COc1cc(CCN2CCNCC2)ccc1-c1ccc(C(=O)N(N[C@H](CCN(C)C)CSc2ccccc2)S(=O)(=O)c2cccc([N+](=O)[O-])c2)cc1. The second-order valence-electron chi connectivity index (χ2n) is 12.8. The van der Waals surface area contributed by atoms with E-state index in [1.807, 2.05) is 61.5 Å². The summed E-state index contributed by atoms with van der Waals surface area (Å²) in [5, 5.41) is 14.9. The number of rotatable bonds is 17. The standard InChI is InChI=1S/C38H46N6O6S2/c1-41(2)22-19-32(28-51-34-9-5-4-6-10-34)40-43(52(48,49)35-11-7-8-33(27-35)44(46)47)38(45)31-15-13-30(14-16-31)36-17-12-29(26-37(36)50-3)18-23-42-24-20-39-21-25-42/h4-17,26-27,32,39-40H,18-25,28H2,1-3H3/t32-/m1/s1. The quantitative estimate of drug-likeness (QED) is 0.0842. The molecule has 0 spiro atoms. The Morgan fingerprint density at radius 2 is 1.73 bits per heavy atom. The van der Waals surface area contributed by atoms with Crippen LogP contribution in [0.4, 0.5) is 5.69 Å². The molecule has 1 heterocycles. The van der Waals surface area contributed by atoms with E-state index in [0.29, 0.717) is 28.9 Å². The molecule has 4 aromatic carbocycles. The van der Waals surface area contributed by atoms with Crippen molar-refractivity contribution in [3.63, 3.8) is 0 Å². The number of nitro benzene ring substituents is 1. The number of amides is 1. The van der Waals surface area contributed by atoms with Gasteiger partial charge in [0.05, 0.1) is 16.9 Å². The van der Waals surface area contributed by atoms with Gasteiger partial charge in [0.15, 0.2) is 0 Å². The van der Waals surface area contributed by atoms with E-state index in [0.717, 1.165) is 66.8 Å². The number of benzene rings is 4. The summed E-state index contributed by atoms with van der Waals surface area (Å²) in [6.07, 6.45) is 1.41. The second-order valence-corrected chi connectivity index (χ2v) is 15.7. The van der Waals surface area contributed by atoms with Gasteiger partial charge in [0.2, 0.25) is 0 Å². The number of nitro groups is 1. The van der Waals surface area contributed by atoms with Gasteiger partial charge in [-0.1, -0.05) is 48.5 Å². The molecule has 5 rings (SSSR count). The molecule has 12 nitrogen and oxygen atoms in total. The van der Waals surface area contributed by atoms with Crippen molar-refractivity contribution in [1.29, 1.82) is 0 Å². The molecule has 1 aliphatic heterocycles. The van der Waals surface area contributed by atoms with Gasteiger partial charge >= 0.3 is 0 Å². The molecule has 1 aliphatic rings. The lowest BCUT2D eigenvalue weighted by atomic mass is 10.00. The molecule has 0 unspecified atom stereocenters. The van der Waals surface area contributed by atoms with Gasteiger partial charge in [0, 0.05) is 72.7 Å². The first kappa shape index (κ1) is 38.9. The van der Waals surface area contributed by atoms with Crippen molar-refractivity contribution in [3.8, 4) is 16.9 Å². The average Bonchev–Trinajstić information content (AvgIpc) is 3.17. The molecule has 0 saturated carbocycles. The van der Waals surface area contributed by atoms with Gasteiger partial charge in [-0.2, -0.15) is 12.8 Å². The fraction of sp³-hybridized carbons (Fsp3) is 0.342. The minimum atomic E-state index is -4.59. The van der Waals surface area contributed by atoms with Gasteiger partial charge in [-0.25, -0.2) is 5.43 Å². The molecule has 0 aromatic heterocycles. The highest BCUT2D eigenvalue weighted by Crippen LogP contribution is 2.32. The Labute approximate surface area is 310 Å². The third-order valence-corrected chi connectivity index (χ3v) is 11.6. The molecule has 2 N–H and O–H groups in total. The van der Waals surface area contributed by atoms with Crippen molar-refractivity contribution in [2.45, 2.75) is 28.7 Å². The number of hydrogen-bond donors (Lipinski definition) is 2. The highest BCUT2D eigenvalue weighted by atomic mass is 32.2. The molecule has 276 valence electrons. The first-order valence-corrected chi connectivity index (χ1v) is 19.6. The lowest BCUT2D eigenvalue weighted by molar-refractivity contribution is -0.385. The molecule has 1 atom stereocenters. The van der Waals surface area contributed by atoms with E-state index in [2.05, 4.69) is 21.7 Å². The summed E-state index contributed by atoms with van der Waals surface area (Å²) in [7, 11) is 0.870. The molecule has 0 aliphatic carbocycles. The number of nitrogens with zero attached hydrogens (tertiary/aromatic N) is 4. The van der Waals surface area contributed by atoms with Crippen molar-refractivity contribution in [1.82, 2.24) is 25.0 Å². The van der Waals surface area contributed by atoms with Gasteiger partial charge in [0.25, 0.3) is 21.6 Å². The average molecular weight is 747 g/mol. The Morgan fingerprint density at radius 3 is 2.40 bits per heavy atom. The predicted octanol–water partition coefficient (Wildman–Crippen LogP) is 5.17. The van der Waals surface area contributed by atoms with Crippen LogP contribution in [-0.4, -0.2) is 106 Å². The van der Waals surface area contributed by atoms with Crippen molar-refractivity contribution >= 4 is 33.4 Å². The maximum atomic E-state index is 14.3. The molecule has 0 radical (unpaired) electrons. The minimum absolute atomic E-state index is 0.124. The normalized spacial score (nSPS) is 14.2. The Balaban J connectivity index is 1.42. The zero-order chi connectivity index (χ0) is 37.1. The van der Waals surface area contributed by atoms with Crippen molar-refractivity contribution in [2.75, 3.05) is 66.2 Å². The molecule has 1 fully saturated rings. The van der Waals surface area contributed by atoms with Crippen LogP contribution < -0.4 is 15.5 Å². The first-order chi connectivity index (χ1) is 25.0. The van der Waals surface area contributed by atoms with Crippen molar-refractivity contribution in [3.05, 3.63) is 118 Å². The topological polar surface area (TPSA) is 137 Å². The van der Waals surface area contributed by atoms with Crippen LogP contribution in [0.2, 0.25) is 0 Å². The van der Waals surface area contributed by atoms with E-state index in [1.165, 1.54) is 30.0 Å². The number of thioether (sulfide) groups is 1. The Morgan fingerprint density at radius 1 is 1.00 bits per heavy atom. The lowest BCUT2D eigenvalue weighted by Gasteiger charge is -2.29. The van der Waals surface area contributed by atoms with Gasteiger partial charge in [-0.3, -0.25) is 14.9 Å². The summed E-state index contributed by atoms with van der Waals surface area (Å²) < 4.78 is 34.8. The Kier molecular flexibility index (Phi) is 13.8. The minimum Gasteiger partial charge on any atom is -0.496 e. The highest BCUT2D eigenvalue weighted by Gasteiger charge is 2.33. The number of nitrogens with one attached hydrogen (secondary N) is 2. The maximum absolute atomic E-state index is 14.3. The maximum Gasteiger partial charge on any atom is 0.282 e. The lowest BCUT2D eigenvalue weighted by Crippen LogP contribution is -2.52. The Bertz CT molecular complexity index is 1910. The second kappa shape index (κ2) is 18.4. The first-order valence-electron chi connectivity index (χ1n) is 17.2. The Hall–Kier alpha value is -4.31. The van der Waals surface area contributed by atoms with E-state index in [-0.39, 0.29) is 10.5 Å². The molecule has 14 heteroatoms. The number of carbonyl (C=O) groups excluding carboxylic acids is 1. The van der Waals surface area contributed by atoms with Gasteiger partial charge in [0.1, 0.15) is 5.75 Å². The molecule has 1 amide bonds. The van der Waals surface area contributed by atoms with Crippen LogP contribution in [-0.2, 0) is 16.4 Å². The molecule has 1 saturated heterocycles. The summed E-state index contributed by atoms with van der Waals surface area (Å²) in [4.78, 5) is 30.2. The van der Waals surface area contributed by atoms with E-state index in [9.17, 15) is 23.3 Å². The van der Waals surface area contributed by atoms with Crippen molar-refractivity contribution < 1.29 is 22.9 Å². The monoisotopic (exact) mass is 746 g/mol. The third-order valence-electron chi connectivity index (χ3n) is 8.81. The van der Waals surface area contributed by atoms with Gasteiger partial charge in [-0.15, -0.1) is 11.8 Å². The van der Waals surface area contributed by atoms with Gasteiger partial charge < -0.3 is 19.9 Å². The van der Waals surface area contributed by atoms with Crippen LogP contribution in [0, 0.1) is 10.1 Å². The predicted molar refractivity (Wildman–Crippen MR) is 205 cm³/mol. The van der Waals surface area contributed by atoms with Crippen molar-refractivity contribution in [2.24, 2.45) is 0 Å². The summed E-state index contributed by atoms with van der Waals surface area (Å²) in [6.45, 7) is 5.65. The van der Waals surface area contributed by atoms with Crippen LogP contribution >= 0.6 is 11.8 Å². The van der Waals surface area contributed by atoms with Crippen LogP contribution in [0.15, 0.2) is 107 Å². The number of methoxy groups -OCH3 is 1. The number of piperazine rings is 1. The van der Waals surface area contributed by atoms with Crippen LogP contribution in [0.1, 0.15) is 22.3 Å². The third kappa shape index (κ3) is 10.4. The highest BCUT2D eigenvalue weighted by molar-refractivity contribution is 7.99. The summed E-state index contributed by atoms with van der Waals surface area (Å²) in [5.74, 6) is 0.344. The van der Waals surface area contributed by atoms with E-state index in [4.69, 9.17) is 4.74 Å². The molecule has 52 heavy (non-hydrogen) atoms. The zero-order valence-electron chi connectivity index (χ0n) is 29.7. The number of ether oxygens (including phenoxy) is 1. The largest absolute Gasteiger partial charge is 0.496 e. The van der Waals surface area contributed by atoms with Gasteiger partial charge in [-0.05, 0) is 81.0 Å². The van der Waals surface area contributed by atoms with E-state index >= 15 is 0 Å². The van der Waals surface area contributed by atoms with E-state index < -0.39 is 32.6 Å². The summed E-state index contributed by atoms with van der Waals surface area (Å²) in [6, 6.07) is 26.8. The number of hydrazine groups is 1. The number of carbonyl (C=O) groups is 1. The molecule has 4 aromatic rings. The summed E-state index contributed by atoms with van der Waals surface area (Å²) >= 11 is 1.54. The number of non-ortho nitro benzene ring substituents is 1. The molecule has 0 bridgehead atoms. The van der Waals surface area contributed by atoms with Crippen LogP contribution in [0.5, 0.6) is 5.75 Å². The smallest absolute Gasteiger partial charge is 0.282 e. The molecular formula is C38H46N6O6S2. The van der Waals surface area contributed by atoms with E-state index in [1.54, 1.807) is 31.4 Å². The van der Waals surface area contributed by atoms with Crippen LogP contribution in [0.3, 0.4) is 0 Å².